The highest BCUT2D eigenvalue weighted by Gasteiger charge is 2.23. The minimum absolute atomic E-state index is 0.242. The van der Waals surface area contributed by atoms with Crippen LogP contribution >= 0.6 is 11.3 Å². The lowest BCUT2D eigenvalue weighted by Gasteiger charge is -2.12. The van der Waals surface area contributed by atoms with E-state index in [-0.39, 0.29) is 12.5 Å². The van der Waals surface area contributed by atoms with E-state index in [2.05, 4.69) is 10.3 Å². The molecule has 3 rings (SSSR count). The molecule has 0 unspecified atom stereocenters. The molecule has 1 aromatic carbocycles. The second-order valence-electron chi connectivity index (χ2n) is 5.64. The number of furan rings is 1. The van der Waals surface area contributed by atoms with Gasteiger partial charge in [-0.05, 0) is 26.0 Å². The SMILES string of the molecule is Cc1nc(-c2ccccc2)sc1C(=O)O[C@@H](C)C(=O)NCc1ccco1. The average Bonchev–Trinajstić information content (AvgIpc) is 3.29. The summed E-state index contributed by atoms with van der Waals surface area (Å²) in [5.41, 5.74) is 1.52. The van der Waals surface area contributed by atoms with Gasteiger partial charge in [-0.25, -0.2) is 9.78 Å². The van der Waals surface area contributed by atoms with Gasteiger partial charge in [0.05, 0.1) is 18.5 Å². The first-order valence-electron chi connectivity index (χ1n) is 8.08. The molecule has 0 radical (unpaired) electrons. The molecule has 6 nitrogen and oxygen atoms in total. The Bertz CT molecular complexity index is 888. The van der Waals surface area contributed by atoms with Crippen molar-refractivity contribution in [3.05, 3.63) is 65.1 Å². The van der Waals surface area contributed by atoms with Crippen molar-refractivity contribution in [3.8, 4) is 10.6 Å². The van der Waals surface area contributed by atoms with Gasteiger partial charge in [0, 0.05) is 5.56 Å². The Hall–Kier alpha value is -2.93. The lowest BCUT2D eigenvalue weighted by Crippen LogP contribution is -2.35. The van der Waals surface area contributed by atoms with Crippen molar-refractivity contribution in [2.45, 2.75) is 26.5 Å². The summed E-state index contributed by atoms with van der Waals surface area (Å²) < 4.78 is 10.4. The molecular weight excluding hydrogens is 352 g/mol. The number of esters is 1. The van der Waals surface area contributed by atoms with Crippen LogP contribution in [0.1, 0.15) is 28.0 Å². The summed E-state index contributed by atoms with van der Waals surface area (Å²) in [4.78, 5) is 29.3. The number of nitrogens with one attached hydrogen (secondary N) is 1. The Morgan fingerprint density at radius 3 is 2.69 bits per heavy atom. The largest absolute Gasteiger partial charge is 0.467 e. The van der Waals surface area contributed by atoms with Crippen molar-refractivity contribution in [1.29, 1.82) is 0 Å². The molecule has 1 atom stereocenters. The van der Waals surface area contributed by atoms with Gasteiger partial charge in [0.2, 0.25) is 0 Å². The minimum atomic E-state index is -0.917. The fraction of sp³-hybridized carbons (Fsp3) is 0.211. The zero-order chi connectivity index (χ0) is 18.5. The first-order chi connectivity index (χ1) is 12.5. The number of hydrogen-bond acceptors (Lipinski definition) is 6. The van der Waals surface area contributed by atoms with Gasteiger partial charge in [0.1, 0.15) is 15.6 Å². The molecule has 0 aliphatic rings. The van der Waals surface area contributed by atoms with E-state index in [1.54, 1.807) is 19.1 Å². The smallest absolute Gasteiger partial charge is 0.351 e. The molecule has 0 fully saturated rings. The van der Waals surface area contributed by atoms with E-state index >= 15 is 0 Å². The monoisotopic (exact) mass is 370 g/mol. The van der Waals surface area contributed by atoms with Crippen molar-refractivity contribution < 1.29 is 18.7 Å². The summed E-state index contributed by atoms with van der Waals surface area (Å²) in [6, 6.07) is 13.1. The molecule has 26 heavy (non-hydrogen) atoms. The zero-order valence-corrected chi connectivity index (χ0v) is 15.2. The van der Waals surface area contributed by atoms with Crippen molar-refractivity contribution in [2.75, 3.05) is 0 Å². The predicted octanol–water partition coefficient (Wildman–Crippen LogP) is 3.57. The van der Waals surface area contributed by atoms with Crippen LogP contribution in [0.3, 0.4) is 0 Å². The molecule has 134 valence electrons. The molecule has 0 aliphatic heterocycles. The second kappa shape index (κ2) is 7.97. The zero-order valence-electron chi connectivity index (χ0n) is 14.4. The minimum Gasteiger partial charge on any atom is -0.467 e. The fourth-order valence-electron chi connectivity index (χ4n) is 2.29. The Kier molecular flexibility index (Phi) is 5.48. The standard InChI is InChI=1S/C19H18N2O4S/c1-12-16(26-18(21-12)14-7-4-3-5-8-14)19(23)25-13(2)17(22)20-11-15-9-6-10-24-15/h3-10,13H,11H2,1-2H3,(H,20,22)/t13-/m0/s1. The molecule has 2 aromatic heterocycles. The van der Waals surface area contributed by atoms with E-state index in [1.807, 2.05) is 30.3 Å². The van der Waals surface area contributed by atoms with Crippen molar-refractivity contribution in [3.63, 3.8) is 0 Å². The van der Waals surface area contributed by atoms with Gasteiger partial charge in [-0.2, -0.15) is 0 Å². The highest BCUT2D eigenvalue weighted by molar-refractivity contribution is 7.17. The summed E-state index contributed by atoms with van der Waals surface area (Å²) in [6.07, 6.45) is 0.612. The van der Waals surface area contributed by atoms with Crippen LogP contribution < -0.4 is 5.32 Å². The van der Waals surface area contributed by atoms with Crippen molar-refractivity contribution in [1.82, 2.24) is 10.3 Å². The number of thiazole rings is 1. The van der Waals surface area contributed by atoms with E-state index in [0.29, 0.717) is 16.3 Å². The topological polar surface area (TPSA) is 81.4 Å². The Morgan fingerprint density at radius 1 is 1.23 bits per heavy atom. The fourth-order valence-corrected chi connectivity index (χ4v) is 3.24. The third kappa shape index (κ3) is 4.18. The molecule has 0 spiro atoms. The maximum atomic E-state index is 12.4. The number of carbonyl (C=O) groups excluding carboxylic acids is 2. The molecule has 0 saturated carbocycles. The van der Waals surface area contributed by atoms with Crippen LogP contribution in [0.4, 0.5) is 0 Å². The van der Waals surface area contributed by atoms with Crippen LogP contribution in [-0.2, 0) is 16.1 Å². The number of benzene rings is 1. The maximum Gasteiger partial charge on any atom is 0.351 e. The number of aryl methyl sites for hydroxylation is 1. The average molecular weight is 370 g/mol. The summed E-state index contributed by atoms with van der Waals surface area (Å²) in [7, 11) is 0. The summed E-state index contributed by atoms with van der Waals surface area (Å²) in [6.45, 7) is 3.52. The highest BCUT2D eigenvalue weighted by Crippen LogP contribution is 2.28. The van der Waals surface area contributed by atoms with Gasteiger partial charge >= 0.3 is 5.97 Å². The maximum absolute atomic E-state index is 12.4. The van der Waals surface area contributed by atoms with Gasteiger partial charge in [0.25, 0.3) is 5.91 Å². The molecule has 7 heteroatoms. The highest BCUT2D eigenvalue weighted by atomic mass is 32.1. The van der Waals surface area contributed by atoms with E-state index in [1.165, 1.54) is 24.5 Å². The third-order valence-electron chi connectivity index (χ3n) is 3.67. The lowest BCUT2D eigenvalue weighted by molar-refractivity contribution is -0.129. The first kappa shape index (κ1) is 17.9. The molecule has 1 amide bonds. The summed E-state index contributed by atoms with van der Waals surface area (Å²) in [5.74, 6) is -0.314. The number of carbonyl (C=O) groups is 2. The van der Waals surface area contributed by atoms with Crippen LogP contribution in [0.2, 0.25) is 0 Å². The summed E-state index contributed by atoms with van der Waals surface area (Å²) in [5, 5.41) is 3.41. The Labute approximate surface area is 154 Å². The van der Waals surface area contributed by atoms with Gasteiger partial charge in [-0.1, -0.05) is 30.3 Å². The molecular formula is C19H18N2O4S. The Balaban J connectivity index is 1.62. The van der Waals surface area contributed by atoms with Crippen LogP contribution in [0.15, 0.2) is 53.1 Å². The van der Waals surface area contributed by atoms with Gasteiger partial charge in [-0.15, -0.1) is 11.3 Å². The number of rotatable bonds is 6. The molecule has 0 saturated heterocycles. The molecule has 0 bridgehead atoms. The molecule has 3 aromatic rings. The predicted molar refractivity (Wildman–Crippen MR) is 97.7 cm³/mol. The van der Waals surface area contributed by atoms with Gasteiger partial charge in [0.15, 0.2) is 6.10 Å². The van der Waals surface area contributed by atoms with Crippen molar-refractivity contribution >= 4 is 23.2 Å². The van der Waals surface area contributed by atoms with E-state index in [0.717, 1.165) is 10.6 Å². The van der Waals surface area contributed by atoms with Crippen LogP contribution in [0.5, 0.6) is 0 Å². The van der Waals surface area contributed by atoms with E-state index in [4.69, 9.17) is 9.15 Å². The molecule has 1 N–H and O–H groups in total. The normalized spacial score (nSPS) is 11.8. The lowest BCUT2D eigenvalue weighted by atomic mass is 10.2. The molecule has 2 heterocycles. The van der Waals surface area contributed by atoms with Gasteiger partial charge < -0.3 is 14.5 Å². The number of amides is 1. The van der Waals surface area contributed by atoms with E-state index < -0.39 is 12.1 Å². The van der Waals surface area contributed by atoms with Gasteiger partial charge in [-0.3, -0.25) is 4.79 Å². The van der Waals surface area contributed by atoms with Crippen LogP contribution in [0, 0.1) is 6.92 Å². The van der Waals surface area contributed by atoms with E-state index in [9.17, 15) is 9.59 Å². The Morgan fingerprint density at radius 2 is 2.00 bits per heavy atom. The second-order valence-corrected chi connectivity index (χ2v) is 6.64. The quantitative estimate of drug-likeness (QED) is 0.671. The third-order valence-corrected chi connectivity index (χ3v) is 4.86. The first-order valence-corrected chi connectivity index (χ1v) is 8.90. The van der Waals surface area contributed by atoms with Crippen LogP contribution in [0.25, 0.3) is 10.6 Å². The number of hydrogen-bond donors (Lipinski definition) is 1. The molecule has 0 aliphatic carbocycles. The van der Waals surface area contributed by atoms with Crippen LogP contribution in [-0.4, -0.2) is 23.0 Å². The summed E-state index contributed by atoms with van der Waals surface area (Å²) >= 11 is 1.25. The number of aromatic nitrogens is 1. The number of ether oxygens (including phenoxy) is 1. The number of nitrogens with zero attached hydrogens (tertiary/aromatic N) is 1. The van der Waals surface area contributed by atoms with Crippen molar-refractivity contribution in [2.24, 2.45) is 0 Å².